The summed E-state index contributed by atoms with van der Waals surface area (Å²) in [5.74, 6) is 0.0481. The fraction of sp³-hybridized carbons (Fsp3) is 0.818. The van der Waals surface area contributed by atoms with Crippen molar-refractivity contribution in [1.29, 1.82) is 0 Å². The maximum absolute atomic E-state index is 11.8. The Morgan fingerprint density at radius 1 is 1.47 bits per heavy atom. The molecule has 15 heavy (non-hydrogen) atoms. The van der Waals surface area contributed by atoms with Crippen LogP contribution in [0.25, 0.3) is 0 Å². The van der Waals surface area contributed by atoms with E-state index in [1.54, 1.807) is 7.05 Å². The van der Waals surface area contributed by atoms with E-state index in [0.29, 0.717) is 6.54 Å². The van der Waals surface area contributed by atoms with Crippen LogP contribution in [0.1, 0.15) is 33.6 Å². The van der Waals surface area contributed by atoms with Gasteiger partial charge in [0.05, 0.1) is 11.6 Å². The van der Waals surface area contributed by atoms with Crippen molar-refractivity contribution in [3.05, 3.63) is 0 Å². The van der Waals surface area contributed by atoms with Crippen LogP contribution in [0.5, 0.6) is 0 Å². The summed E-state index contributed by atoms with van der Waals surface area (Å²) in [6.45, 7) is 6.90. The van der Waals surface area contributed by atoms with E-state index in [1.165, 1.54) is 5.01 Å². The van der Waals surface area contributed by atoms with Crippen molar-refractivity contribution in [3.63, 3.8) is 0 Å². The van der Waals surface area contributed by atoms with Gasteiger partial charge in [0, 0.05) is 12.5 Å². The Hall–Kier alpha value is -0.900. The fourth-order valence-corrected chi connectivity index (χ4v) is 1.88. The highest BCUT2D eigenvalue weighted by Gasteiger charge is 2.38. The second-order valence-electron chi connectivity index (χ2n) is 5.08. The summed E-state index contributed by atoms with van der Waals surface area (Å²) in [4.78, 5) is 11.8. The molecule has 0 aromatic rings. The second kappa shape index (κ2) is 4.31. The molecule has 0 saturated carbocycles. The van der Waals surface area contributed by atoms with Crippen molar-refractivity contribution in [3.8, 4) is 0 Å². The lowest BCUT2D eigenvalue weighted by Gasteiger charge is -2.22. The van der Waals surface area contributed by atoms with Gasteiger partial charge >= 0.3 is 0 Å². The summed E-state index contributed by atoms with van der Waals surface area (Å²) in [5, 5.41) is 5.79. The number of hydrazone groups is 1. The summed E-state index contributed by atoms with van der Waals surface area (Å²) in [6.07, 6.45) is 1.69. The SMILES string of the molecule is CN1N=C(C(C)(C)C)C(CCCN)C1=O. The Kier molecular flexibility index (Phi) is 3.50. The molecule has 0 radical (unpaired) electrons. The summed E-state index contributed by atoms with van der Waals surface area (Å²) in [5.41, 5.74) is 6.42. The van der Waals surface area contributed by atoms with Crippen molar-refractivity contribution in [2.45, 2.75) is 33.6 Å². The smallest absolute Gasteiger partial charge is 0.251 e. The molecule has 0 aromatic carbocycles. The first-order valence-electron chi connectivity index (χ1n) is 5.44. The van der Waals surface area contributed by atoms with Crippen molar-refractivity contribution in [1.82, 2.24) is 5.01 Å². The van der Waals surface area contributed by atoms with Gasteiger partial charge in [0.15, 0.2) is 0 Å². The number of rotatable bonds is 3. The predicted molar refractivity (Wildman–Crippen MR) is 61.4 cm³/mol. The number of carbonyl (C=O) groups is 1. The van der Waals surface area contributed by atoms with E-state index in [9.17, 15) is 4.79 Å². The number of hydrogen-bond acceptors (Lipinski definition) is 3. The molecular formula is C11H21N3O. The summed E-state index contributed by atoms with van der Waals surface area (Å²) >= 11 is 0. The summed E-state index contributed by atoms with van der Waals surface area (Å²) in [6, 6.07) is 0. The maximum Gasteiger partial charge on any atom is 0.251 e. The minimum atomic E-state index is -0.0569. The largest absolute Gasteiger partial charge is 0.330 e. The first kappa shape index (κ1) is 12.2. The molecule has 0 fully saturated rings. The fourth-order valence-electron chi connectivity index (χ4n) is 1.88. The Balaban J connectivity index is 2.83. The van der Waals surface area contributed by atoms with Gasteiger partial charge in [-0.3, -0.25) is 4.79 Å². The Labute approximate surface area is 91.5 Å². The van der Waals surface area contributed by atoms with Gasteiger partial charge in [-0.25, -0.2) is 5.01 Å². The van der Waals surface area contributed by atoms with Crippen molar-refractivity contribution >= 4 is 11.6 Å². The molecular weight excluding hydrogens is 190 g/mol. The van der Waals surface area contributed by atoms with Crippen LogP contribution in [-0.4, -0.2) is 30.2 Å². The van der Waals surface area contributed by atoms with Gasteiger partial charge < -0.3 is 5.73 Å². The molecule has 2 N–H and O–H groups in total. The Bertz CT molecular complexity index is 278. The normalized spacial score (nSPS) is 22.2. The zero-order valence-corrected chi connectivity index (χ0v) is 10.1. The third kappa shape index (κ3) is 2.56. The molecule has 0 aliphatic carbocycles. The van der Waals surface area contributed by atoms with Gasteiger partial charge in [0.1, 0.15) is 0 Å². The second-order valence-corrected chi connectivity index (χ2v) is 5.08. The lowest BCUT2D eigenvalue weighted by atomic mass is 9.80. The van der Waals surface area contributed by atoms with Crippen LogP contribution in [-0.2, 0) is 4.79 Å². The number of nitrogens with zero attached hydrogens (tertiary/aromatic N) is 2. The molecule has 1 heterocycles. The van der Waals surface area contributed by atoms with Crippen LogP contribution in [0.4, 0.5) is 0 Å². The average Bonchev–Trinajstić information content (AvgIpc) is 2.40. The van der Waals surface area contributed by atoms with Crippen LogP contribution in [0.15, 0.2) is 5.10 Å². The molecule has 1 atom stereocenters. The van der Waals surface area contributed by atoms with Gasteiger partial charge in [-0.15, -0.1) is 0 Å². The van der Waals surface area contributed by atoms with Crippen LogP contribution < -0.4 is 5.73 Å². The molecule has 0 aromatic heterocycles. The van der Waals surface area contributed by atoms with E-state index >= 15 is 0 Å². The molecule has 0 bridgehead atoms. The quantitative estimate of drug-likeness (QED) is 0.763. The average molecular weight is 211 g/mol. The topological polar surface area (TPSA) is 58.7 Å². The third-order valence-electron chi connectivity index (χ3n) is 2.67. The molecule has 4 nitrogen and oxygen atoms in total. The van der Waals surface area contributed by atoms with Crippen molar-refractivity contribution in [2.24, 2.45) is 22.2 Å². The van der Waals surface area contributed by atoms with Crippen molar-refractivity contribution in [2.75, 3.05) is 13.6 Å². The molecule has 1 amide bonds. The van der Waals surface area contributed by atoms with Crippen molar-refractivity contribution < 1.29 is 4.79 Å². The molecule has 1 unspecified atom stereocenters. The highest BCUT2D eigenvalue weighted by Crippen LogP contribution is 2.30. The zero-order valence-electron chi connectivity index (χ0n) is 10.1. The molecule has 1 rings (SSSR count). The lowest BCUT2D eigenvalue weighted by Crippen LogP contribution is -2.31. The van der Waals surface area contributed by atoms with Crippen LogP contribution >= 0.6 is 0 Å². The number of hydrogen-bond donors (Lipinski definition) is 1. The van der Waals surface area contributed by atoms with Gasteiger partial charge in [0.25, 0.3) is 5.91 Å². The minimum absolute atomic E-state index is 0.0420. The monoisotopic (exact) mass is 211 g/mol. The minimum Gasteiger partial charge on any atom is -0.330 e. The van der Waals surface area contributed by atoms with E-state index in [2.05, 4.69) is 25.9 Å². The summed E-state index contributed by atoms with van der Waals surface area (Å²) in [7, 11) is 1.72. The molecule has 0 spiro atoms. The number of nitrogens with two attached hydrogens (primary N) is 1. The highest BCUT2D eigenvalue weighted by atomic mass is 16.2. The summed E-state index contributed by atoms with van der Waals surface area (Å²) < 4.78 is 0. The predicted octanol–water partition coefficient (Wildman–Crippen LogP) is 1.22. The lowest BCUT2D eigenvalue weighted by molar-refractivity contribution is -0.130. The van der Waals surface area contributed by atoms with Gasteiger partial charge in [-0.05, 0) is 19.4 Å². The number of amides is 1. The third-order valence-corrected chi connectivity index (χ3v) is 2.67. The molecule has 86 valence electrons. The molecule has 1 aliphatic heterocycles. The maximum atomic E-state index is 11.8. The van der Waals surface area contributed by atoms with E-state index in [-0.39, 0.29) is 17.2 Å². The Morgan fingerprint density at radius 3 is 2.53 bits per heavy atom. The van der Waals surface area contributed by atoms with Gasteiger partial charge in [-0.2, -0.15) is 5.10 Å². The van der Waals surface area contributed by atoms with Crippen LogP contribution in [0.3, 0.4) is 0 Å². The number of carbonyl (C=O) groups excluding carboxylic acids is 1. The first-order valence-corrected chi connectivity index (χ1v) is 5.44. The zero-order chi connectivity index (χ0) is 11.6. The Morgan fingerprint density at radius 2 is 2.07 bits per heavy atom. The van der Waals surface area contributed by atoms with Crippen LogP contribution in [0.2, 0.25) is 0 Å². The van der Waals surface area contributed by atoms with E-state index in [4.69, 9.17) is 5.73 Å². The highest BCUT2D eigenvalue weighted by molar-refractivity contribution is 6.09. The van der Waals surface area contributed by atoms with E-state index in [1.807, 2.05) is 0 Å². The first-order chi connectivity index (χ1) is 6.88. The van der Waals surface area contributed by atoms with Gasteiger partial charge in [0.2, 0.25) is 0 Å². The molecule has 1 aliphatic rings. The molecule has 0 saturated heterocycles. The van der Waals surface area contributed by atoms with E-state index in [0.717, 1.165) is 18.6 Å². The molecule has 4 heteroatoms. The van der Waals surface area contributed by atoms with Crippen LogP contribution in [0, 0.1) is 11.3 Å². The standard InChI is InChI=1S/C11H21N3O/c1-11(2,3)9-8(6-5-7-12)10(15)14(4)13-9/h8H,5-7,12H2,1-4H3. The van der Waals surface area contributed by atoms with E-state index < -0.39 is 0 Å². The van der Waals surface area contributed by atoms with Gasteiger partial charge in [-0.1, -0.05) is 20.8 Å².